The number of benzene rings is 2. The lowest BCUT2D eigenvalue weighted by Crippen LogP contribution is -2.29. The Labute approximate surface area is 334 Å². The molecule has 6 rings (SSSR count). The van der Waals surface area contributed by atoms with Gasteiger partial charge in [0.2, 0.25) is 25.1 Å². The Morgan fingerprint density at radius 3 is 2.28 bits per heavy atom. The summed E-state index contributed by atoms with van der Waals surface area (Å²) in [6.07, 6.45) is 16.3. The molecular weight excluding hydrogens is 740 g/mol. The van der Waals surface area contributed by atoms with Gasteiger partial charge in [-0.15, -0.1) is 11.3 Å². The average Bonchev–Trinajstić information content (AvgIpc) is 4.09. The summed E-state index contributed by atoms with van der Waals surface area (Å²) in [5, 5.41) is 4.50. The van der Waals surface area contributed by atoms with E-state index in [1.807, 2.05) is 63.2 Å². The molecule has 296 valence electrons. The number of hydrogen-bond acceptors (Lipinski definition) is 7. The van der Waals surface area contributed by atoms with E-state index in [-0.39, 0.29) is 10.9 Å². The molecular formula is C42H59ClN4O5S2. The Morgan fingerprint density at radius 1 is 0.963 bits per heavy atom. The van der Waals surface area contributed by atoms with Crippen LogP contribution in [0.4, 0.5) is 0 Å². The van der Waals surface area contributed by atoms with Gasteiger partial charge < -0.3 is 15.0 Å². The van der Waals surface area contributed by atoms with Gasteiger partial charge >= 0.3 is 0 Å². The maximum atomic E-state index is 10.9. The Bertz CT molecular complexity index is 1620. The molecule has 3 aromatic rings. The topological polar surface area (TPSA) is 118 Å². The van der Waals surface area contributed by atoms with E-state index in [9.17, 15) is 18.6 Å². The first kappa shape index (κ1) is 44.9. The number of nitrogens with zero attached hydrogens (tertiary/aromatic N) is 2. The minimum atomic E-state index is -1.14. The molecule has 2 N–H and O–H groups in total. The van der Waals surface area contributed by atoms with E-state index in [0.29, 0.717) is 24.3 Å². The second kappa shape index (κ2) is 23.4. The van der Waals surface area contributed by atoms with Gasteiger partial charge in [-0.2, -0.15) is 0 Å². The van der Waals surface area contributed by atoms with Gasteiger partial charge in [0, 0.05) is 30.2 Å². The summed E-state index contributed by atoms with van der Waals surface area (Å²) in [7, 11) is 0.650. The van der Waals surface area contributed by atoms with Crippen molar-refractivity contribution in [1.82, 2.24) is 19.9 Å². The maximum Gasteiger partial charge on any atom is 0.233 e. The van der Waals surface area contributed by atoms with E-state index in [1.165, 1.54) is 6.42 Å². The zero-order valence-corrected chi connectivity index (χ0v) is 35.1. The van der Waals surface area contributed by atoms with E-state index in [4.69, 9.17) is 21.3 Å². The van der Waals surface area contributed by atoms with E-state index >= 15 is 0 Å². The molecule has 3 fully saturated rings. The molecule has 0 radical (unpaired) electrons. The molecule has 1 heterocycles. The molecule has 3 saturated carbocycles. The second-order valence-electron chi connectivity index (χ2n) is 14.3. The van der Waals surface area contributed by atoms with Crippen LogP contribution >= 0.6 is 22.9 Å². The van der Waals surface area contributed by atoms with Crippen LogP contribution in [0.25, 0.3) is 21.0 Å². The van der Waals surface area contributed by atoms with Crippen LogP contribution < -0.4 is 14.8 Å². The molecule has 1 aromatic heterocycles. The van der Waals surface area contributed by atoms with Crippen molar-refractivity contribution in [2.45, 2.75) is 109 Å². The van der Waals surface area contributed by atoms with Crippen LogP contribution in [0, 0.1) is 17.8 Å². The first-order chi connectivity index (χ1) is 26.1. The Hall–Kier alpha value is -3.54. The summed E-state index contributed by atoms with van der Waals surface area (Å²) in [6, 6.07) is 18.6. The highest BCUT2D eigenvalue weighted by Crippen LogP contribution is 2.42. The van der Waals surface area contributed by atoms with Gasteiger partial charge in [-0.05, 0) is 100 Å². The molecule has 3 amide bonds. The van der Waals surface area contributed by atoms with Crippen molar-refractivity contribution in [1.29, 1.82) is 0 Å². The standard InChI is InChI=1S/C23H24ClNOS.C12H20N2O2.C5H9NO2S.C2H6/c1-15-8-13-20(14-16(15)2)26-22-21(17-9-11-19(24)12-10-17)27-23(25-22)18-6-4-3-5-7-18;1-14(10-16)7-5-3-2-4-6-11-8-12(11)13-9-15;1-5(2-3-5)9(8)6-4-7;1-2/h3-7,9-12,15-16,20H,8,13-14H2,1-2H3;4,6,9-12H,2-3,5,7-8H2,1H3,(H,13,15);4H,2-3H2,1H3,(H,6,7);1-2H3/b;6-4-;;/t15-,16?,20+;11-,12?;;/m11../s1. The number of carbonyl (C=O) groups excluding carboxylic acids is 3. The molecule has 12 heteroatoms. The van der Waals surface area contributed by atoms with E-state index in [2.05, 4.69) is 48.2 Å². The van der Waals surface area contributed by atoms with Crippen molar-refractivity contribution < 1.29 is 23.3 Å². The molecule has 6 atom stereocenters. The second-order valence-corrected chi connectivity index (χ2v) is 17.5. The monoisotopic (exact) mass is 798 g/mol. The van der Waals surface area contributed by atoms with Crippen molar-refractivity contribution in [3.63, 3.8) is 0 Å². The predicted molar refractivity (Wildman–Crippen MR) is 224 cm³/mol. The highest BCUT2D eigenvalue weighted by molar-refractivity contribution is 7.85. The summed E-state index contributed by atoms with van der Waals surface area (Å²) >= 11 is 7.76. The van der Waals surface area contributed by atoms with E-state index < -0.39 is 11.0 Å². The van der Waals surface area contributed by atoms with Gasteiger partial charge in [0.25, 0.3) is 0 Å². The number of nitrogens with one attached hydrogen (secondary N) is 2. The molecule has 0 saturated heterocycles. The number of hydrogen-bond donors (Lipinski definition) is 2. The zero-order valence-electron chi connectivity index (χ0n) is 32.7. The van der Waals surface area contributed by atoms with Crippen LogP contribution in [-0.2, 0) is 25.4 Å². The van der Waals surface area contributed by atoms with Crippen LogP contribution in [0.1, 0.15) is 92.4 Å². The summed E-state index contributed by atoms with van der Waals surface area (Å²) in [5.74, 6) is 2.77. The molecule has 54 heavy (non-hydrogen) atoms. The minimum absolute atomic E-state index is 0.110. The number of thiazole rings is 1. The molecule has 0 aliphatic heterocycles. The average molecular weight is 800 g/mol. The van der Waals surface area contributed by atoms with Gasteiger partial charge in [-0.3, -0.25) is 19.1 Å². The fraction of sp³-hybridized carbons (Fsp3) is 0.524. The van der Waals surface area contributed by atoms with Crippen molar-refractivity contribution in [2.24, 2.45) is 17.8 Å². The highest BCUT2D eigenvalue weighted by Gasteiger charge is 2.44. The van der Waals surface area contributed by atoms with Crippen molar-refractivity contribution in [2.75, 3.05) is 13.6 Å². The molecule has 0 bridgehead atoms. The lowest BCUT2D eigenvalue weighted by Gasteiger charge is -2.31. The molecule has 3 aliphatic carbocycles. The summed E-state index contributed by atoms with van der Waals surface area (Å²) in [5.41, 5.74) is 2.23. The minimum Gasteiger partial charge on any atom is -0.473 e. The number of ether oxygens (including phenoxy) is 1. The highest BCUT2D eigenvalue weighted by atomic mass is 35.5. The van der Waals surface area contributed by atoms with Gasteiger partial charge in [0.05, 0.1) is 9.62 Å². The number of rotatable bonds is 16. The lowest BCUT2D eigenvalue weighted by atomic mass is 9.80. The van der Waals surface area contributed by atoms with Crippen molar-refractivity contribution >= 4 is 53.2 Å². The van der Waals surface area contributed by atoms with Crippen LogP contribution in [-0.4, -0.2) is 63.8 Å². The number of amides is 3. The molecule has 2 aromatic carbocycles. The molecule has 3 unspecified atom stereocenters. The number of unbranched alkanes of at least 4 members (excludes halogenated alkanes) is 2. The number of carbonyl (C=O) groups is 3. The predicted octanol–water partition coefficient (Wildman–Crippen LogP) is 9.24. The fourth-order valence-electron chi connectivity index (χ4n) is 5.84. The first-order valence-corrected chi connectivity index (χ1v) is 21.5. The maximum absolute atomic E-state index is 10.9. The molecule has 3 aliphatic rings. The van der Waals surface area contributed by atoms with Crippen LogP contribution in [0.2, 0.25) is 5.02 Å². The smallest absolute Gasteiger partial charge is 0.233 e. The van der Waals surface area contributed by atoms with E-state index in [0.717, 1.165) is 109 Å². The van der Waals surface area contributed by atoms with Crippen molar-refractivity contribution in [3.8, 4) is 26.9 Å². The Morgan fingerprint density at radius 2 is 1.67 bits per heavy atom. The molecule has 9 nitrogen and oxygen atoms in total. The largest absolute Gasteiger partial charge is 0.473 e. The van der Waals surface area contributed by atoms with Crippen LogP contribution in [0.15, 0.2) is 66.7 Å². The Balaban J connectivity index is 0.000000245. The third kappa shape index (κ3) is 14.9. The fourth-order valence-corrected chi connectivity index (χ4v) is 7.82. The number of halogens is 1. The summed E-state index contributed by atoms with van der Waals surface area (Å²) in [6.45, 7) is 11.4. The van der Waals surface area contributed by atoms with Gasteiger partial charge in [-0.25, -0.2) is 9.19 Å². The summed E-state index contributed by atoms with van der Waals surface area (Å²) in [4.78, 5) is 37.8. The van der Waals surface area contributed by atoms with Crippen LogP contribution in [0.3, 0.4) is 0 Å². The first-order valence-electron chi connectivity index (χ1n) is 19.2. The van der Waals surface area contributed by atoms with Gasteiger partial charge in [0.15, 0.2) is 0 Å². The quantitative estimate of drug-likeness (QED) is 0.0848. The summed E-state index contributed by atoms with van der Waals surface area (Å²) < 4.78 is 19.5. The molecule has 0 spiro atoms. The van der Waals surface area contributed by atoms with Gasteiger partial charge in [-0.1, -0.05) is 93.9 Å². The SMILES string of the molecule is CC.CC1(S(=O)NC=O)CC1.CC1C[C@@H](Oc2nc(-c3ccccc3)sc2-c2ccc(Cl)cc2)CC[C@H]1C.CN(C=O)CCCC/C=C\[C@@H]1CC1NC=O. The Kier molecular flexibility index (Phi) is 19.4. The third-order valence-electron chi connectivity index (χ3n) is 9.93. The van der Waals surface area contributed by atoms with Crippen molar-refractivity contribution in [3.05, 3.63) is 71.8 Å². The third-order valence-corrected chi connectivity index (χ3v) is 12.9. The lowest BCUT2D eigenvalue weighted by molar-refractivity contribution is -0.117. The number of allylic oxidation sites excluding steroid dienone is 1. The number of aromatic nitrogens is 1. The van der Waals surface area contributed by atoms with Gasteiger partial charge in [0.1, 0.15) is 22.1 Å². The normalized spacial score (nSPS) is 22.3. The zero-order chi connectivity index (χ0) is 39.5. The van der Waals surface area contributed by atoms with Crippen LogP contribution in [0.5, 0.6) is 5.88 Å². The van der Waals surface area contributed by atoms with E-state index in [1.54, 1.807) is 23.3 Å².